The van der Waals surface area contributed by atoms with Gasteiger partial charge in [0.25, 0.3) is 5.75 Å². The summed E-state index contributed by atoms with van der Waals surface area (Å²) in [5, 5.41) is 0. The third kappa shape index (κ3) is 2.72. The summed E-state index contributed by atoms with van der Waals surface area (Å²) >= 11 is 2.60. The molecule has 0 N–H and O–H groups in total. The molecule has 1 aromatic rings. The minimum atomic E-state index is -0.741. The lowest BCUT2D eigenvalue weighted by Gasteiger charge is -2.21. The van der Waals surface area contributed by atoms with Crippen LogP contribution in [-0.2, 0) is 31.2 Å². The summed E-state index contributed by atoms with van der Waals surface area (Å²) in [4.78, 5) is 12.2. The molecule has 0 amide bonds. The van der Waals surface area contributed by atoms with Crippen LogP contribution in [0.25, 0.3) is 5.76 Å². The second-order valence-electron chi connectivity index (χ2n) is 4.62. The van der Waals surface area contributed by atoms with Crippen LogP contribution in [0, 0.1) is 0 Å². The van der Waals surface area contributed by atoms with Gasteiger partial charge in [0.05, 0.1) is 0 Å². The van der Waals surface area contributed by atoms with Crippen molar-refractivity contribution >= 4 is 45.8 Å². The Morgan fingerprint density at radius 1 is 1.32 bits per heavy atom. The van der Waals surface area contributed by atoms with Gasteiger partial charge in [-0.2, -0.15) is 0 Å². The molecule has 0 fully saturated rings. The normalized spacial score (nSPS) is 22.6. The summed E-state index contributed by atoms with van der Waals surface area (Å²) in [5.74, 6) is 1.14. The van der Waals surface area contributed by atoms with Crippen molar-refractivity contribution in [2.45, 2.75) is 31.6 Å². The summed E-state index contributed by atoms with van der Waals surface area (Å²) in [6, 6.07) is 7.58. The van der Waals surface area contributed by atoms with Crippen LogP contribution in [0.4, 0.5) is 0 Å². The minimum absolute atomic E-state index is 0.0461. The first-order valence-electron chi connectivity index (χ1n) is 5.99. The Labute approximate surface area is 130 Å². The van der Waals surface area contributed by atoms with Crippen molar-refractivity contribution < 1.29 is 13.7 Å². The number of hydrogen-bond acceptors (Lipinski definition) is 3. The standard InChI is InChI=1S/C14H14IO3S/c1-3-14(2)13(16)11(15)12(18-14)10-6-4-9(5-7-10)8-19-17/h4-7H,3,8H2,1-2H3/q+1. The average Bonchev–Trinajstić information content (AvgIpc) is 2.66. The largest absolute Gasteiger partial charge is 0.478 e. The third-order valence-electron chi connectivity index (χ3n) is 3.32. The zero-order valence-corrected chi connectivity index (χ0v) is 13.7. The van der Waals surface area contributed by atoms with Gasteiger partial charge in [0, 0.05) is 15.3 Å². The highest BCUT2D eigenvalue weighted by Crippen LogP contribution is 2.41. The van der Waals surface area contributed by atoms with Crippen LogP contribution in [0.1, 0.15) is 31.4 Å². The van der Waals surface area contributed by atoms with E-state index in [9.17, 15) is 9.00 Å². The number of halogens is 1. The maximum atomic E-state index is 12.2. The smallest absolute Gasteiger partial charge is 0.463 e. The maximum Gasteiger partial charge on any atom is 0.463 e. The topological polar surface area (TPSA) is 43.4 Å². The second kappa shape index (κ2) is 5.66. The highest BCUT2D eigenvalue weighted by molar-refractivity contribution is 14.1. The zero-order chi connectivity index (χ0) is 14.0. The van der Waals surface area contributed by atoms with Crippen molar-refractivity contribution in [1.82, 2.24) is 0 Å². The minimum Gasteiger partial charge on any atom is -0.478 e. The molecule has 1 unspecified atom stereocenters. The fraction of sp³-hybridized carbons (Fsp3) is 0.357. The van der Waals surface area contributed by atoms with Crippen LogP contribution in [0.15, 0.2) is 27.8 Å². The molecule has 0 saturated heterocycles. The van der Waals surface area contributed by atoms with Gasteiger partial charge < -0.3 is 4.74 Å². The molecule has 0 aromatic heterocycles. The van der Waals surface area contributed by atoms with Crippen LogP contribution < -0.4 is 0 Å². The molecule has 1 heterocycles. The van der Waals surface area contributed by atoms with E-state index >= 15 is 0 Å². The van der Waals surface area contributed by atoms with E-state index in [0.717, 1.165) is 11.1 Å². The molecule has 1 aliphatic rings. The molecule has 3 nitrogen and oxygen atoms in total. The van der Waals surface area contributed by atoms with Gasteiger partial charge in [-0.25, -0.2) is 0 Å². The van der Waals surface area contributed by atoms with Gasteiger partial charge in [-0.3, -0.25) is 4.79 Å². The molecule has 19 heavy (non-hydrogen) atoms. The predicted octanol–water partition coefficient (Wildman–Crippen LogP) is 3.49. The molecule has 0 radical (unpaired) electrons. The summed E-state index contributed by atoms with van der Waals surface area (Å²) in [7, 11) is 0. The Bertz CT molecular complexity index is 550. The monoisotopic (exact) mass is 389 g/mol. The number of carbonyl (C=O) groups is 1. The predicted molar refractivity (Wildman–Crippen MR) is 83.9 cm³/mol. The molecule has 0 spiro atoms. The molecule has 1 aliphatic heterocycles. The van der Waals surface area contributed by atoms with E-state index in [4.69, 9.17) is 4.74 Å². The molecular formula is C14H14IO3S+. The Morgan fingerprint density at radius 3 is 2.42 bits per heavy atom. The highest BCUT2D eigenvalue weighted by atomic mass is 127. The summed E-state index contributed by atoms with van der Waals surface area (Å²) in [6.07, 6.45) is 0.646. The lowest BCUT2D eigenvalue weighted by molar-refractivity contribution is -0.127. The van der Waals surface area contributed by atoms with E-state index in [1.807, 2.05) is 60.7 Å². The van der Waals surface area contributed by atoms with Gasteiger partial charge >= 0.3 is 11.7 Å². The van der Waals surface area contributed by atoms with Crippen LogP contribution >= 0.6 is 22.6 Å². The van der Waals surface area contributed by atoms with Gasteiger partial charge in [0.2, 0.25) is 5.78 Å². The van der Waals surface area contributed by atoms with Crippen LogP contribution in [-0.4, -0.2) is 11.4 Å². The molecule has 100 valence electrons. The van der Waals surface area contributed by atoms with Crippen LogP contribution in [0.3, 0.4) is 0 Å². The molecule has 1 atom stereocenters. The van der Waals surface area contributed by atoms with Crippen molar-refractivity contribution in [2.24, 2.45) is 0 Å². The number of carbonyl (C=O) groups excluding carboxylic acids is 1. The Morgan fingerprint density at radius 2 is 1.95 bits per heavy atom. The van der Waals surface area contributed by atoms with Gasteiger partial charge in [-0.1, -0.05) is 31.2 Å². The lowest BCUT2D eigenvalue weighted by atomic mass is 9.99. The van der Waals surface area contributed by atoms with Crippen molar-refractivity contribution in [3.05, 3.63) is 39.0 Å². The summed E-state index contributed by atoms with van der Waals surface area (Å²) in [6.45, 7) is 3.77. The zero-order valence-electron chi connectivity index (χ0n) is 10.7. The number of benzene rings is 1. The van der Waals surface area contributed by atoms with Gasteiger partial charge in [-0.05, 0) is 35.9 Å². The van der Waals surface area contributed by atoms with Gasteiger partial charge in [0.15, 0.2) is 5.60 Å². The van der Waals surface area contributed by atoms with E-state index in [0.29, 0.717) is 33.2 Å². The van der Waals surface area contributed by atoms with E-state index in [1.165, 1.54) is 0 Å². The third-order valence-corrected chi connectivity index (χ3v) is 4.75. The summed E-state index contributed by atoms with van der Waals surface area (Å²) in [5.41, 5.74) is 1.12. The SMILES string of the molecule is CCC1(C)OC(c2ccc(C[S+]=O)cc2)=C(I)C1=O. The van der Waals surface area contributed by atoms with Crippen molar-refractivity contribution in [3.8, 4) is 0 Å². The quantitative estimate of drug-likeness (QED) is 0.585. The van der Waals surface area contributed by atoms with Gasteiger partial charge in [-0.15, -0.1) is 0 Å². The van der Waals surface area contributed by atoms with Crippen molar-refractivity contribution in [3.63, 3.8) is 0 Å². The maximum absolute atomic E-state index is 12.2. The lowest BCUT2D eigenvalue weighted by Crippen LogP contribution is -2.32. The number of hydrogen-bond donors (Lipinski definition) is 0. The van der Waals surface area contributed by atoms with Crippen LogP contribution in [0.2, 0.25) is 0 Å². The number of ether oxygens (including phenoxy) is 1. The molecule has 1 aromatic carbocycles. The fourth-order valence-corrected chi connectivity index (χ4v) is 3.21. The first-order chi connectivity index (χ1) is 9.01. The molecule has 5 heteroatoms. The number of rotatable bonds is 4. The molecule has 0 bridgehead atoms. The average molecular weight is 389 g/mol. The van der Waals surface area contributed by atoms with E-state index in [2.05, 4.69) is 0 Å². The summed E-state index contributed by atoms with van der Waals surface area (Å²) < 4.78 is 17.0. The van der Waals surface area contributed by atoms with E-state index in [1.54, 1.807) is 0 Å². The van der Waals surface area contributed by atoms with E-state index < -0.39 is 5.60 Å². The molecule has 2 rings (SSSR count). The first kappa shape index (κ1) is 14.6. The number of Topliss-reactive ketones (excluding diaryl/α,β-unsaturated/α-hetero) is 1. The Kier molecular flexibility index (Phi) is 4.35. The molecule has 0 aliphatic carbocycles. The Hall–Kier alpha value is -0.820. The number of ketones is 1. The second-order valence-corrected chi connectivity index (χ2v) is 6.22. The first-order valence-corrected chi connectivity index (χ1v) is 7.98. The van der Waals surface area contributed by atoms with E-state index in [-0.39, 0.29) is 5.78 Å². The van der Waals surface area contributed by atoms with Gasteiger partial charge in [0.1, 0.15) is 9.34 Å². The van der Waals surface area contributed by atoms with Crippen molar-refractivity contribution in [1.29, 1.82) is 0 Å². The van der Waals surface area contributed by atoms with Crippen molar-refractivity contribution in [2.75, 3.05) is 0 Å². The Balaban J connectivity index is 2.32. The van der Waals surface area contributed by atoms with Crippen LogP contribution in [0.5, 0.6) is 0 Å². The fourth-order valence-electron chi connectivity index (χ4n) is 1.89. The molecular weight excluding hydrogens is 375 g/mol. The molecule has 0 saturated carbocycles. The highest BCUT2D eigenvalue weighted by Gasteiger charge is 2.43.